The summed E-state index contributed by atoms with van der Waals surface area (Å²) in [5.74, 6) is -0.638. The van der Waals surface area contributed by atoms with Crippen LogP contribution >= 0.6 is 22.7 Å². The maximum absolute atomic E-state index is 12.6. The number of alkyl carbamates (subject to hydrolysis) is 1. The fourth-order valence-corrected chi connectivity index (χ4v) is 7.37. The van der Waals surface area contributed by atoms with Gasteiger partial charge in [0.1, 0.15) is 17.1 Å². The summed E-state index contributed by atoms with van der Waals surface area (Å²) in [5, 5.41) is 8.94. The smallest absolute Gasteiger partial charge is 0.444 e. The van der Waals surface area contributed by atoms with E-state index in [1.807, 2.05) is 0 Å². The van der Waals surface area contributed by atoms with Crippen LogP contribution in [0.4, 0.5) is 51.0 Å². The third kappa shape index (κ3) is 14.8. The van der Waals surface area contributed by atoms with Gasteiger partial charge in [0.25, 0.3) is 0 Å². The Morgan fingerprint density at radius 2 is 1.14 bits per heavy atom. The number of rotatable bonds is 7. The molecule has 5 amide bonds. The number of aromatic nitrogens is 2. The van der Waals surface area contributed by atoms with Gasteiger partial charge in [0.2, 0.25) is 0 Å². The number of benzene rings is 2. The molecular weight excluding hydrogens is 831 g/mol. The molecule has 0 unspecified atom stereocenters. The van der Waals surface area contributed by atoms with Gasteiger partial charge in [-0.25, -0.2) is 24.4 Å². The number of alkyl halides is 6. The van der Waals surface area contributed by atoms with E-state index in [1.165, 1.54) is 60.1 Å². The first kappa shape index (κ1) is 44.7. The number of ether oxygens (including phenoxy) is 3. The molecule has 0 spiro atoms. The van der Waals surface area contributed by atoms with Gasteiger partial charge in [-0.3, -0.25) is 10.6 Å². The van der Waals surface area contributed by atoms with Crippen LogP contribution in [0.25, 0.3) is 20.9 Å². The summed E-state index contributed by atoms with van der Waals surface area (Å²) in [7, 11) is 0. The first-order chi connectivity index (χ1) is 27.7. The number of thiazole rings is 2. The minimum Gasteiger partial charge on any atom is -0.444 e. The van der Waals surface area contributed by atoms with Crippen LogP contribution in [0.3, 0.4) is 0 Å². The number of anilines is 2. The number of nitrogens with zero attached hydrogens (tertiary/aromatic N) is 4. The van der Waals surface area contributed by atoms with Crippen LogP contribution in [0.5, 0.6) is 11.5 Å². The maximum atomic E-state index is 12.6. The van der Waals surface area contributed by atoms with Crippen molar-refractivity contribution in [3.63, 3.8) is 0 Å². The number of likely N-dealkylation sites (tertiary alicyclic amines) is 2. The van der Waals surface area contributed by atoms with Crippen molar-refractivity contribution in [1.29, 1.82) is 0 Å². The Morgan fingerprint density at radius 1 is 0.712 bits per heavy atom. The van der Waals surface area contributed by atoms with E-state index in [0.717, 1.165) is 24.2 Å². The molecule has 4 heterocycles. The van der Waals surface area contributed by atoms with E-state index in [0.29, 0.717) is 70.2 Å². The molecule has 0 atom stereocenters. The summed E-state index contributed by atoms with van der Waals surface area (Å²) in [6, 6.07) is 10.6. The van der Waals surface area contributed by atoms with Crippen molar-refractivity contribution in [2.75, 3.05) is 36.8 Å². The van der Waals surface area contributed by atoms with E-state index in [-0.39, 0.29) is 35.6 Å². The van der Waals surface area contributed by atoms with Gasteiger partial charge in [-0.1, -0.05) is 46.9 Å². The standard InChI is InChI=1S/C21H25F3N4O4S.C16H17F3N4O2S/c1-20(2,3)32-19(30)26-14-7-9-28(10-8-14)18(29)27-17-25-12-16(33-17)13-5-4-6-15(11-13)31-21(22,23)24;17-16(18,19)25-12-3-1-2-10(8-12)13-9-21-14(26-13)22-15(24)23-6-4-11(20)5-7-23/h4-6,11-12,14H,7-10H2,1-3H3,(H,26,30)(H,25,27,29);1-3,8-9,11H,4-7,20H2,(H,21,22,24). The summed E-state index contributed by atoms with van der Waals surface area (Å²) in [4.78, 5) is 49.4. The lowest BCUT2D eigenvalue weighted by atomic mass is 10.1. The summed E-state index contributed by atoms with van der Waals surface area (Å²) in [6.07, 6.45) is -4.35. The zero-order chi connectivity index (χ0) is 43.0. The molecule has 320 valence electrons. The normalized spacial score (nSPS) is 15.4. The molecule has 2 fully saturated rings. The second kappa shape index (κ2) is 19.1. The first-order valence-corrected chi connectivity index (χ1v) is 19.8. The molecule has 22 heteroatoms. The molecule has 2 aromatic heterocycles. The molecule has 0 radical (unpaired) electrons. The van der Waals surface area contributed by atoms with E-state index in [9.17, 15) is 40.7 Å². The minimum atomic E-state index is -4.78. The van der Waals surface area contributed by atoms with Crippen molar-refractivity contribution in [1.82, 2.24) is 25.1 Å². The second-order valence-corrected chi connectivity index (χ2v) is 16.4. The van der Waals surface area contributed by atoms with Crippen molar-refractivity contribution in [2.45, 2.75) is 76.9 Å². The van der Waals surface area contributed by atoms with Crippen molar-refractivity contribution in [3.8, 4) is 32.4 Å². The molecule has 2 saturated heterocycles. The number of amides is 5. The Balaban J connectivity index is 0.000000230. The average molecular weight is 873 g/mol. The molecular formula is C37H42F6N8O6S2. The van der Waals surface area contributed by atoms with E-state index >= 15 is 0 Å². The Morgan fingerprint density at radius 3 is 1.54 bits per heavy atom. The highest BCUT2D eigenvalue weighted by Gasteiger charge is 2.32. The Hall–Kier alpha value is -5.35. The third-order valence-corrected chi connectivity index (χ3v) is 10.4. The fraction of sp³-hybridized carbons (Fsp3) is 0.432. The monoisotopic (exact) mass is 872 g/mol. The molecule has 2 aliphatic heterocycles. The van der Waals surface area contributed by atoms with Crippen LogP contribution in [0.15, 0.2) is 60.9 Å². The van der Waals surface area contributed by atoms with Gasteiger partial charge in [-0.15, -0.1) is 26.3 Å². The molecule has 0 saturated carbocycles. The van der Waals surface area contributed by atoms with Crippen LogP contribution in [-0.2, 0) is 4.74 Å². The molecule has 59 heavy (non-hydrogen) atoms. The number of hydrogen-bond donors (Lipinski definition) is 4. The van der Waals surface area contributed by atoms with Gasteiger partial charge in [0.05, 0.1) is 9.75 Å². The predicted molar refractivity (Wildman–Crippen MR) is 209 cm³/mol. The highest BCUT2D eigenvalue weighted by Crippen LogP contribution is 2.34. The lowest BCUT2D eigenvalue weighted by Crippen LogP contribution is -2.48. The Bertz CT molecular complexity index is 2040. The van der Waals surface area contributed by atoms with Crippen molar-refractivity contribution < 1.29 is 54.9 Å². The van der Waals surface area contributed by atoms with Crippen LogP contribution in [0.2, 0.25) is 0 Å². The van der Waals surface area contributed by atoms with E-state index in [2.05, 4.69) is 35.4 Å². The number of nitrogens with one attached hydrogen (secondary N) is 3. The van der Waals surface area contributed by atoms with Gasteiger partial charge in [0, 0.05) is 50.7 Å². The molecule has 2 aliphatic rings. The van der Waals surface area contributed by atoms with E-state index in [1.54, 1.807) is 42.7 Å². The quantitative estimate of drug-likeness (QED) is 0.132. The highest BCUT2D eigenvalue weighted by atomic mass is 32.1. The summed E-state index contributed by atoms with van der Waals surface area (Å²) in [5.41, 5.74) is 6.25. The number of nitrogens with two attached hydrogens (primary N) is 1. The summed E-state index contributed by atoms with van der Waals surface area (Å²) < 4.78 is 87.4. The Kier molecular flexibility index (Phi) is 14.5. The molecule has 2 aromatic carbocycles. The van der Waals surface area contributed by atoms with Crippen LogP contribution in [0.1, 0.15) is 46.5 Å². The number of piperidine rings is 2. The van der Waals surface area contributed by atoms with Gasteiger partial charge >= 0.3 is 30.9 Å². The van der Waals surface area contributed by atoms with Crippen LogP contribution < -0.4 is 31.2 Å². The number of carbonyl (C=O) groups excluding carboxylic acids is 3. The molecule has 6 rings (SSSR count). The van der Waals surface area contributed by atoms with Crippen molar-refractivity contribution in [3.05, 3.63) is 60.9 Å². The zero-order valence-electron chi connectivity index (χ0n) is 32.0. The number of carbonyl (C=O) groups is 3. The van der Waals surface area contributed by atoms with E-state index < -0.39 is 24.4 Å². The average Bonchev–Trinajstić information content (AvgIpc) is 3.81. The van der Waals surface area contributed by atoms with Gasteiger partial charge in [-0.2, -0.15) is 0 Å². The molecule has 14 nitrogen and oxygen atoms in total. The topological polar surface area (TPSA) is 173 Å². The highest BCUT2D eigenvalue weighted by molar-refractivity contribution is 7.19. The number of urea groups is 2. The lowest BCUT2D eigenvalue weighted by molar-refractivity contribution is -0.275. The third-order valence-electron chi connectivity index (χ3n) is 8.47. The summed E-state index contributed by atoms with van der Waals surface area (Å²) >= 11 is 2.31. The zero-order valence-corrected chi connectivity index (χ0v) is 33.6. The van der Waals surface area contributed by atoms with E-state index in [4.69, 9.17) is 10.5 Å². The molecule has 5 N–H and O–H groups in total. The summed E-state index contributed by atoms with van der Waals surface area (Å²) in [6.45, 7) is 7.43. The molecule has 0 aliphatic carbocycles. The fourth-order valence-electron chi connectivity index (χ4n) is 5.77. The largest absolute Gasteiger partial charge is 0.573 e. The van der Waals surface area contributed by atoms with Crippen LogP contribution in [0, 0.1) is 0 Å². The number of hydrogen-bond acceptors (Lipinski definition) is 11. The second-order valence-electron chi connectivity index (χ2n) is 14.3. The maximum Gasteiger partial charge on any atom is 0.573 e. The van der Waals surface area contributed by atoms with Gasteiger partial charge < -0.3 is 35.1 Å². The lowest BCUT2D eigenvalue weighted by Gasteiger charge is -2.32. The van der Waals surface area contributed by atoms with Crippen molar-refractivity contribution >= 4 is 51.1 Å². The van der Waals surface area contributed by atoms with Crippen LogP contribution in [-0.4, -0.2) is 94.5 Å². The van der Waals surface area contributed by atoms with Crippen molar-refractivity contribution in [2.24, 2.45) is 5.73 Å². The first-order valence-electron chi connectivity index (χ1n) is 18.2. The molecule has 4 aromatic rings. The Labute approximate surface area is 343 Å². The molecule has 0 bridgehead atoms. The van der Waals surface area contributed by atoms with Gasteiger partial charge in [0.15, 0.2) is 10.3 Å². The predicted octanol–water partition coefficient (Wildman–Crippen LogP) is 8.89. The van der Waals surface area contributed by atoms with Gasteiger partial charge in [-0.05, 0) is 81.8 Å². The minimum absolute atomic E-state index is 0.0819. The SMILES string of the molecule is CC(C)(C)OC(=O)NC1CCN(C(=O)Nc2ncc(-c3cccc(OC(F)(F)F)c3)s2)CC1.NC1CCN(C(=O)Nc2ncc(-c3cccc(OC(F)(F)F)c3)s2)CC1. The number of halogens is 6.